The highest BCUT2D eigenvalue weighted by Gasteiger charge is 2.25. The summed E-state index contributed by atoms with van der Waals surface area (Å²) in [5.41, 5.74) is 1.53. The van der Waals surface area contributed by atoms with Gasteiger partial charge < -0.3 is 9.80 Å². The standard InChI is InChI=1S/C14H24N4O/c1-5-17-6-8-18(9-7-17)13(19)11-10-12(16-15-11)14(2,3)4/h10H,5-9H2,1-4H3,(H,15,16). The Morgan fingerprint density at radius 2 is 1.95 bits per heavy atom. The summed E-state index contributed by atoms with van der Waals surface area (Å²) in [6, 6.07) is 1.88. The number of hydrogen-bond acceptors (Lipinski definition) is 3. The van der Waals surface area contributed by atoms with Crippen LogP contribution in [0.3, 0.4) is 0 Å². The molecule has 5 heteroatoms. The molecule has 19 heavy (non-hydrogen) atoms. The molecule has 1 aliphatic heterocycles. The summed E-state index contributed by atoms with van der Waals surface area (Å²) in [5.74, 6) is 0.0440. The van der Waals surface area contributed by atoms with Gasteiger partial charge in [0.05, 0.1) is 0 Å². The van der Waals surface area contributed by atoms with Crippen molar-refractivity contribution in [3.05, 3.63) is 17.5 Å². The number of aromatic nitrogens is 2. The van der Waals surface area contributed by atoms with Gasteiger partial charge >= 0.3 is 0 Å². The third kappa shape index (κ3) is 3.15. The Hall–Kier alpha value is -1.36. The fraction of sp³-hybridized carbons (Fsp3) is 0.714. The zero-order valence-corrected chi connectivity index (χ0v) is 12.4. The van der Waals surface area contributed by atoms with Crippen molar-refractivity contribution in [2.75, 3.05) is 32.7 Å². The third-order valence-corrected chi connectivity index (χ3v) is 3.71. The molecule has 1 aliphatic rings. The minimum absolute atomic E-state index is 0.00750. The van der Waals surface area contributed by atoms with Crippen LogP contribution in [-0.4, -0.2) is 58.6 Å². The number of rotatable bonds is 2. The van der Waals surface area contributed by atoms with Crippen LogP contribution in [0.15, 0.2) is 6.07 Å². The molecule has 0 aromatic carbocycles. The monoisotopic (exact) mass is 264 g/mol. The molecule has 1 amide bonds. The van der Waals surface area contributed by atoms with E-state index < -0.39 is 0 Å². The van der Waals surface area contributed by atoms with Gasteiger partial charge in [-0.25, -0.2) is 0 Å². The molecule has 0 aliphatic carbocycles. The van der Waals surface area contributed by atoms with Crippen LogP contribution >= 0.6 is 0 Å². The first kappa shape index (κ1) is 14.1. The van der Waals surface area contributed by atoms with Crippen LogP contribution in [0.2, 0.25) is 0 Å². The lowest BCUT2D eigenvalue weighted by molar-refractivity contribution is 0.0637. The largest absolute Gasteiger partial charge is 0.335 e. The van der Waals surface area contributed by atoms with E-state index in [0.29, 0.717) is 5.69 Å². The van der Waals surface area contributed by atoms with Crippen LogP contribution in [0.1, 0.15) is 43.9 Å². The Morgan fingerprint density at radius 3 is 2.42 bits per heavy atom. The van der Waals surface area contributed by atoms with Gasteiger partial charge in [-0.1, -0.05) is 27.7 Å². The zero-order valence-electron chi connectivity index (χ0n) is 12.4. The topological polar surface area (TPSA) is 52.2 Å². The van der Waals surface area contributed by atoms with Crippen LogP contribution in [-0.2, 0) is 5.41 Å². The van der Waals surface area contributed by atoms with Gasteiger partial charge in [-0.2, -0.15) is 5.10 Å². The summed E-state index contributed by atoms with van der Waals surface area (Å²) in [6.45, 7) is 13.0. The van der Waals surface area contributed by atoms with Crippen molar-refractivity contribution in [1.82, 2.24) is 20.0 Å². The second kappa shape index (κ2) is 5.33. The molecule has 1 fully saturated rings. The molecule has 2 heterocycles. The van der Waals surface area contributed by atoms with Crippen molar-refractivity contribution in [2.45, 2.75) is 33.1 Å². The highest BCUT2D eigenvalue weighted by molar-refractivity contribution is 5.92. The maximum absolute atomic E-state index is 12.4. The zero-order chi connectivity index (χ0) is 14.0. The second-order valence-electron chi connectivity index (χ2n) is 6.14. The van der Waals surface area contributed by atoms with Crippen molar-refractivity contribution >= 4 is 5.91 Å². The summed E-state index contributed by atoms with van der Waals surface area (Å²) < 4.78 is 0. The SMILES string of the molecule is CCN1CCN(C(=O)c2cc(C(C)(C)C)[nH]n2)CC1. The smallest absolute Gasteiger partial charge is 0.274 e. The number of nitrogens with zero attached hydrogens (tertiary/aromatic N) is 3. The van der Waals surface area contributed by atoms with E-state index in [0.717, 1.165) is 38.4 Å². The molecule has 2 rings (SSSR count). The average Bonchev–Trinajstić information content (AvgIpc) is 2.87. The Bertz CT molecular complexity index is 439. The van der Waals surface area contributed by atoms with E-state index in [2.05, 4.69) is 42.8 Å². The number of carbonyl (C=O) groups is 1. The maximum atomic E-state index is 12.4. The number of likely N-dealkylation sites (N-methyl/N-ethyl adjacent to an activating group) is 1. The van der Waals surface area contributed by atoms with Gasteiger partial charge in [-0.05, 0) is 12.6 Å². The fourth-order valence-corrected chi connectivity index (χ4v) is 2.24. The molecule has 1 aromatic rings. The molecule has 1 N–H and O–H groups in total. The number of nitrogens with one attached hydrogen (secondary N) is 1. The first-order chi connectivity index (χ1) is 8.91. The number of carbonyl (C=O) groups excluding carboxylic acids is 1. The van der Waals surface area contributed by atoms with E-state index in [1.165, 1.54) is 0 Å². The Labute approximate surface area is 115 Å². The molecule has 0 spiro atoms. The predicted molar refractivity (Wildman–Crippen MR) is 75.3 cm³/mol. The van der Waals surface area contributed by atoms with Gasteiger partial charge in [0.15, 0.2) is 0 Å². The molecule has 0 saturated carbocycles. The first-order valence-electron chi connectivity index (χ1n) is 6.99. The number of H-pyrrole nitrogens is 1. The van der Waals surface area contributed by atoms with Gasteiger partial charge in [-0.3, -0.25) is 9.89 Å². The highest BCUT2D eigenvalue weighted by Crippen LogP contribution is 2.20. The lowest BCUT2D eigenvalue weighted by Crippen LogP contribution is -2.48. The molecule has 106 valence electrons. The Kier molecular flexibility index (Phi) is 3.94. The summed E-state index contributed by atoms with van der Waals surface area (Å²) in [6.07, 6.45) is 0. The van der Waals surface area contributed by atoms with E-state index in [9.17, 15) is 4.79 Å². The molecular formula is C14H24N4O. The van der Waals surface area contributed by atoms with Gasteiger partial charge in [0.25, 0.3) is 5.91 Å². The second-order valence-corrected chi connectivity index (χ2v) is 6.14. The van der Waals surface area contributed by atoms with Crippen molar-refractivity contribution in [2.24, 2.45) is 0 Å². The van der Waals surface area contributed by atoms with Crippen LogP contribution in [0, 0.1) is 0 Å². The first-order valence-corrected chi connectivity index (χ1v) is 6.99. The van der Waals surface area contributed by atoms with E-state index in [1.54, 1.807) is 0 Å². The van der Waals surface area contributed by atoms with Gasteiger partial charge in [0, 0.05) is 37.3 Å². The van der Waals surface area contributed by atoms with Crippen molar-refractivity contribution in [3.8, 4) is 0 Å². The van der Waals surface area contributed by atoms with Gasteiger partial charge in [0.2, 0.25) is 0 Å². The van der Waals surface area contributed by atoms with E-state index in [1.807, 2.05) is 11.0 Å². The quantitative estimate of drug-likeness (QED) is 0.880. The summed E-state index contributed by atoms with van der Waals surface area (Å²) in [7, 11) is 0. The van der Waals surface area contributed by atoms with Crippen molar-refractivity contribution < 1.29 is 4.79 Å². The summed E-state index contributed by atoms with van der Waals surface area (Å²) in [4.78, 5) is 16.6. The molecule has 0 atom stereocenters. The minimum Gasteiger partial charge on any atom is -0.335 e. The van der Waals surface area contributed by atoms with Crippen LogP contribution in [0.25, 0.3) is 0 Å². The van der Waals surface area contributed by atoms with Crippen LogP contribution < -0.4 is 0 Å². The summed E-state index contributed by atoms with van der Waals surface area (Å²) in [5, 5.41) is 7.14. The number of piperazine rings is 1. The lowest BCUT2D eigenvalue weighted by Gasteiger charge is -2.33. The molecular weight excluding hydrogens is 240 g/mol. The van der Waals surface area contributed by atoms with Crippen LogP contribution in [0.4, 0.5) is 0 Å². The van der Waals surface area contributed by atoms with Crippen molar-refractivity contribution in [1.29, 1.82) is 0 Å². The van der Waals surface area contributed by atoms with E-state index >= 15 is 0 Å². The normalized spacial score (nSPS) is 17.8. The van der Waals surface area contributed by atoms with Crippen LogP contribution in [0.5, 0.6) is 0 Å². The van der Waals surface area contributed by atoms with E-state index in [-0.39, 0.29) is 11.3 Å². The Morgan fingerprint density at radius 1 is 1.32 bits per heavy atom. The number of amides is 1. The van der Waals surface area contributed by atoms with Gasteiger partial charge in [-0.15, -0.1) is 0 Å². The van der Waals surface area contributed by atoms with Gasteiger partial charge in [0.1, 0.15) is 5.69 Å². The number of aromatic amines is 1. The Balaban J connectivity index is 2.02. The molecule has 0 radical (unpaired) electrons. The predicted octanol–water partition coefficient (Wildman–Crippen LogP) is 1.48. The maximum Gasteiger partial charge on any atom is 0.274 e. The highest BCUT2D eigenvalue weighted by atomic mass is 16.2. The van der Waals surface area contributed by atoms with Crippen molar-refractivity contribution in [3.63, 3.8) is 0 Å². The minimum atomic E-state index is -0.00750. The number of hydrogen-bond donors (Lipinski definition) is 1. The molecule has 1 aromatic heterocycles. The fourth-order valence-electron chi connectivity index (χ4n) is 2.24. The lowest BCUT2D eigenvalue weighted by atomic mass is 9.92. The molecule has 5 nitrogen and oxygen atoms in total. The average molecular weight is 264 g/mol. The third-order valence-electron chi connectivity index (χ3n) is 3.71. The molecule has 0 unspecified atom stereocenters. The molecule has 0 bridgehead atoms. The summed E-state index contributed by atoms with van der Waals surface area (Å²) >= 11 is 0. The molecule has 1 saturated heterocycles. The van der Waals surface area contributed by atoms with E-state index in [4.69, 9.17) is 0 Å².